The minimum Gasteiger partial charge on any atom is -0.285 e. The smallest absolute Gasteiger partial charge is 0.278 e. The van der Waals surface area contributed by atoms with Crippen molar-refractivity contribution in [2.45, 2.75) is 18.6 Å². The van der Waals surface area contributed by atoms with E-state index in [0.717, 1.165) is 0 Å². The molecule has 2 N–H and O–H groups in total. The molecular formula is C5H13N3O3S2. The summed E-state index contributed by atoms with van der Waals surface area (Å²) in [6.45, 7) is 1.81. The van der Waals surface area contributed by atoms with Gasteiger partial charge < -0.3 is 0 Å². The second-order valence-corrected chi connectivity index (χ2v) is 4.88. The van der Waals surface area contributed by atoms with Crippen LogP contribution in [0.15, 0.2) is 0 Å². The standard InChI is InChI=1S/C5H13N3O3S2/c1-4-7(2)6-5(12)8(4)3-13(9,10)11/h4-6,12H,3H2,1-2H3,(H,9,10,11). The average molecular weight is 227 g/mol. The Morgan fingerprint density at radius 3 is 2.46 bits per heavy atom. The highest BCUT2D eigenvalue weighted by molar-refractivity contribution is 7.85. The summed E-state index contributed by atoms with van der Waals surface area (Å²) in [5.74, 6) is -0.417. The zero-order valence-corrected chi connectivity index (χ0v) is 9.09. The van der Waals surface area contributed by atoms with E-state index in [0.29, 0.717) is 0 Å². The normalized spacial score (nSPS) is 32.6. The van der Waals surface area contributed by atoms with Gasteiger partial charge in [-0.2, -0.15) is 8.42 Å². The minimum absolute atomic E-state index is 0.121. The fourth-order valence-electron chi connectivity index (χ4n) is 1.16. The number of rotatable bonds is 2. The van der Waals surface area contributed by atoms with Gasteiger partial charge in [-0.3, -0.25) is 4.55 Å². The van der Waals surface area contributed by atoms with Crippen molar-refractivity contribution >= 4 is 22.7 Å². The molecule has 1 aliphatic heterocycles. The first-order valence-electron chi connectivity index (χ1n) is 3.69. The molecule has 0 aromatic heterocycles. The van der Waals surface area contributed by atoms with Crippen LogP contribution in [0.1, 0.15) is 6.92 Å². The lowest BCUT2D eigenvalue weighted by atomic mass is 10.5. The van der Waals surface area contributed by atoms with Crippen LogP contribution in [-0.4, -0.2) is 47.5 Å². The van der Waals surface area contributed by atoms with E-state index in [1.165, 1.54) is 4.90 Å². The molecule has 8 heteroatoms. The van der Waals surface area contributed by atoms with Gasteiger partial charge in [0.15, 0.2) is 0 Å². The van der Waals surface area contributed by atoms with Gasteiger partial charge in [0.1, 0.15) is 11.4 Å². The maximum absolute atomic E-state index is 10.6. The Labute approximate surface area is 83.0 Å². The van der Waals surface area contributed by atoms with Crippen LogP contribution in [0.2, 0.25) is 0 Å². The molecule has 1 fully saturated rings. The van der Waals surface area contributed by atoms with Crippen molar-refractivity contribution in [2.75, 3.05) is 12.9 Å². The Balaban J connectivity index is 2.70. The first-order valence-corrected chi connectivity index (χ1v) is 5.82. The Morgan fingerprint density at radius 1 is 1.62 bits per heavy atom. The van der Waals surface area contributed by atoms with Gasteiger partial charge in [-0.1, -0.05) is 0 Å². The fraction of sp³-hybridized carbons (Fsp3) is 1.00. The molecular weight excluding hydrogens is 214 g/mol. The monoisotopic (exact) mass is 227 g/mol. The lowest BCUT2D eigenvalue weighted by Gasteiger charge is -2.22. The van der Waals surface area contributed by atoms with Gasteiger partial charge in [0.05, 0.1) is 6.17 Å². The van der Waals surface area contributed by atoms with Crippen molar-refractivity contribution in [3.05, 3.63) is 0 Å². The first kappa shape index (κ1) is 11.2. The highest BCUT2D eigenvalue weighted by Gasteiger charge is 2.34. The van der Waals surface area contributed by atoms with E-state index >= 15 is 0 Å². The van der Waals surface area contributed by atoms with E-state index < -0.39 is 16.0 Å². The fourth-order valence-corrected chi connectivity index (χ4v) is 2.47. The van der Waals surface area contributed by atoms with Gasteiger partial charge in [-0.25, -0.2) is 15.3 Å². The van der Waals surface area contributed by atoms with Crippen LogP contribution >= 0.6 is 12.6 Å². The molecule has 2 unspecified atom stereocenters. The van der Waals surface area contributed by atoms with Crippen LogP contribution in [-0.2, 0) is 10.1 Å². The summed E-state index contributed by atoms with van der Waals surface area (Å²) in [7, 11) is -2.21. The zero-order chi connectivity index (χ0) is 10.2. The number of hydrazine groups is 1. The molecule has 0 spiro atoms. The van der Waals surface area contributed by atoms with Crippen LogP contribution in [0.4, 0.5) is 0 Å². The number of thiol groups is 1. The summed E-state index contributed by atoms with van der Waals surface area (Å²) in [5.41, 5.74) is 2.50. The third-order valence-electron chi connectivity index (χ3n) is 1.99. The van der Waals surface area contributed by atoms with Gasteiger partial charge in [0.2, 0.25) is 0 Å². The molecule has 6 nitrogen and oxygen atoms in total. The third kappa shape index (κ3) is 2.79. The van der Waals surface area contributed by atoms with Crippen LogP contribution in [0.25, 0.3) is 0 Å². The summed E-state index contributed by atoms with van der Waals surface area (Å²) in [5, 5.41) is 1.73. The molecule has 0 saturated carbocycles. The molecule has 78 valence electrons. The molecule has 1 saturated heterocycles. The zero-order valence-electron chi connectivity index (χ0n) is 7.38. The van der Waals surface area contributed by atoms with E-state index in [-0.39, 0.29) is 11.7 Å². The van der Waals surface area contributed by atoms with Gasteiger partial charge in [-0.15, -0.1) is 12.6 Å². The molecule has 1 heterocycles. The van der Waals surface area contributed by atoms with E-state index in [1.807, 2.05) is 6.92 Å². The predicted octanol–water partition coefficient (Wildman–Crippen LogP) is -0.857. The van der Waals surface area contributed by atoms with Gasteiger partial charge in [0, 0.05) is 7.05 Å². The summed E-state index contributed by atoms with van der Waals surface area (Å²) in [6, 6.07) is 0. The van der Waals surface area contributed by atoms with Crippen LogP contribution in [0.5, 0.6) is 0 Å². The van der Waals surface area contributed by atoms with Crippen molar-refractivity contribution in [3.63, 3.8) is 0 Å². The van der Waals surface area contributed by atoms with E-state index in [4.69, 9.17) is 4.55 Å². The number of nitrogens with zero attached hydrogens (tertiary/aromatic N) is 2. The topological polar surface area (TPSA) is 72.9 Å². The SMILES string of the molecule is CC1N(C)NC(S)N1CS(=O)(=O)O. The quantitative estimate of drug-likeness (QED) is 0.421. The molecule has 0 aromatic rings. The molecule has 1 aliphatic rings. The lowest BCUT2D eigenvalue weighted by molar-refractivity contribution is 0.174. The van der Waals surface area contributed by atoms with Crippen LogP contribution in [0.3, 0.4) is 0 Å². The molecule has 0 radical (unpaired) electrons. The van der Waals surface area contributed by atoms with Crippen molar-refractivity contribution < 1.29 is 13.0 Å². The predicted molar refractivity (Wildman–Crippen MR) is 51.4 cm³/mol. The van der Waals surface area contributed by atoms with E-state index in [2.05, 4.69) is 18.1 Å². The molecule has 0 aliphatic carbocycles. The highest BCUT2D eigenvalue weighted by atomic mass is 32.2. The Bertz CT molecular complexity index is 281. The van der Waals surface area contributed by atoms with Crippen molar-refractivity contribution in [1.82, 2.24) is 15.3 Å². The second kappa shape index (κ2) is 3.71. The molecule has 1 rings (SSSR count). The first-order chi connectivity index (χ1) is 5.81. The number of hydrogen-bond acceptors (Lipinski definition) is 6. The Kier molecular flexibility index (Phi) is 3.20. The van der Waals surface area contributed by atoms with Crippen molar-refractivity contribution in [1.29, 1.82) is 0 Å². The molecule has 13 heavy (non-hydrogen) atoms. The Morgan fingerprint density at radius 2 is 2.15 bits per heavy atom. The lowest BCUT2D eigenvalue weighted by Crippen LogP contribution is -2.39. The van der Waals surface area contributed by atoms with Crippen LogP contribution in [0, 0.1) is 0 Å². The molecule has 0 aromatic carbocycles. The summed E-state index contributed by atoms with van der Waals surface area (Å²) in [4.78, 5) is 1.51. The van der Waals surface area contributed by atoms with Crippen LogP contribution < -0.4 is 5.43 Å². The van der Waals surface area contributed by atoms with Gasteiger partial charge in [0.25, 0.3) is 10.1 Å². The minimum atomic E-state index is -3.99. The molecule has 0 amide bonds. The Hall–Kier alpha value is 0.140. The number of hydrogen-bond donors (Lipinski definition) is 3. The number of nitrogens with one attached hydrogen (secondary N) is 1. The van der Waals surface area contributed by atoms with E-state index in [9.17, 15) is 8.42 Å². The average Bonchev–Trinajstić information content (AvgIpc) is 2.14. The second-order valence-electron chi connectivity index (χ2n) is 2.97. The van der Waals surface area contributed by atoms with Crippen molar-refractivity contribution in [2.24, 2.45) is 0 Å². The van der Waals surface area contributed by atoms with Gasteiger partial charge >= 0.3 is 0 Å². The molecule has 0 bridgehead atoms. The molecule has 2 atom stereocenters. The van der Waals surface area contributed by atoms with E-state index in [1.54, 1.807) is 12.1 Å². The summed E-state index contributed by atoms with van der Waals surface area (Å²) < 4.78 is 29.9. The maximum atomic E-state index is 10.6. The largest absolute Gasteiger partial charge is 0.285 e. The maximum Gasteiger partial charge on any atom is 0.278 e. The summed E-state index contributed by atoms with van der Waals surface area (Å²) in [6.07, 6.45) is -0.121. The summed E-state index contributed by atoms with van der Waals surface area (Å²) >= 11 is 4.12. The third-order valence-corrected chi connectivity index (χ3v) is 3.02. The van der Waals surface area contributed by atoms with Crippen molar-refractivity contribution in [3.8, 4) is 0 Å². The highest BCUT2D eigenvalue weighted by Crippen LogP contribution is 2.16. The van der Waals surface area contributed by atoms with Gasteiger partial charge in [-0.05, 0) is 6.92 Å².